The molecule has 5 aliphatic rings. The molecule has 4 atom stereocenters. The minimum atomic E-state index is -0.188. The molecule has 3 N–H and O–H groups in total. The standard InChI is InChI=1S/C26H40N2O/c1-4-6-7-8-19(3)25-14-20-13-24(5-2,16-25)17-26(15-20,18-25)23(29)28-22-11-9-21(27)10-12-22/h4,6-8,20-22H,3,5,9-18,27H2,1-2H3,(H,28,29)/b6-4-,8-7-/t20?,21?,22?,24-,25-,26?/m1/s1. The Morgan fingerprint density at radius 1 is 1.07 bits per heavy atom. The zero-order chi connectivity index (χ0) is 20.7. The van der Waals surface area contributed by atoms with Crippen molar-refractivity contribution in [3.8, 4) is 0 Å². The van der Waals surface area contributed by atoms with E-state index in [9.17, 15) is 4.79 Å². The van der Waals surface area contributed by atoms with Gasteiger partial charge >= 0.3 is 0 Å². The highest BCUT2D eigenvalue weighted by atomic mass is 16.2. The van der Waals surface area contributed by atoms with Crippen molar-refractivity contribution >= 4 is 5.91 Å². The quantitative estimate of drug-likeness (QED) is 0.588. The Hall–Kier alpha value is -1.35. The summed E-state index contributed by atoms with van der Waals surface area (Å²) in [6.45, 7) is 8.91. The van der Waals surface area contributed by atoms with Crippen LogP contribution in [-0.2, 0) is 4.79 Å². The van der Waals surface area contributed by atoms with E-state index in [1.807, 2.05) is 6.92 Å². The Labute approximate surface area is 177 Å². The van der Waals surface area contributed by atoms with Gasteiger partial charge in [-0.25, -0.2) is 0 Å². The average Bonchev–Trinajstić information content (AvgIpc) is 2.69. The zero-order valence-corrected chi connectivity index (χ0v) is 18.5. The van der Waals surface area contributed by atoms with Crippen LogP contribution in [0.25, 0.3) is 0 Å². The first-order chi connectivity index (χ1) is 13.8. The number of rotatable bonds is 6. The zero-order valence-electron chi connectivity index (χ0n) is 18.5. The van der Waals surface area contributed by atoms with E-state index in [0.717, 1.165) is 44.9 Å². The molecule has 0 aromatic heterocycles. The Morgan fingerprint density at radius 2 is 1.76 bits per heavy atom. The molecule has 0 aliphatic heterocycles. The fourth-order valence-electron chi connectivity index (χ4n) is 7.71. The van der Waals surface area contributed by atoms with Crippen LogP contribution in [0.1, 0.15) is 84.5 Å². The molecule has 0 heterocycles. The van der Waals surface area contributed by atoms with Gasteiger partial charge in [0.15, 0.2) is 0 Å². The van der Waals surface area contributed by atoms with Crippen LogP contribution < -0.4 is 11.1 Å². The maximum Gasteiger partial charge on any atom is 0.226 e. The molecular weight excluding hydrogens is 356 g/mol. The summed E-state index contributed by atoms with van der Waals surface area (Å²) in [6, 6.07) is 0.642. The van der Waals surface area contributed by atoms with Crippen molar-refractivity contribution < 1.29 is 4.79 Å². The van der Waals surface area contributed by atoms with E-state index in [1.54, 1.807) is 0 Å². The van der Waals surface area contributed by atoms with Crippen LogP contribution in [0.5, 0.6) is 0 Å². The van der Waals surface area contributed by atoms with Gasteiger partial charge in [0.05, 0.1) is 5.41 Å². The number of hydrogen-bond acceptors (Lipinski definition) is 2. The molecule has 4 bridgehead atoms. The lowest BCUT2D eigenvalue weighted by Crippen LogP contribution is -2.62. The van der Waals surface area contributed by atoms with E-state index < -0.39 is 0 Å². The van der Waals surface area contributed by atoms with Gasteiger partial charge in [0.2, 0.25) is 5.91 Å². The van der Waals surface area contributed by atoms with Crippen molar-refractivity contribution in [2.75, 3.05) is 0 Å². The van der Waals surface area contributed by atoms with Crippen molar-refractivity contribution in [1.82, 2.24) is 5.32 Å². The second kappa shape index (κ2) is 7.72. The summed E-state index contributed by atoms with van der Waals surface area (Å²) < 4.78 is 0. The third-order valence-corrected chi connectivity index (χ3v) is 8.80. The minimum Gasteiger partial charge on any atom is -0.353 e. The molecule has 0 aromatic carbocycles. The Bertz CT molecular complexity index is 716. The molecule has 3 heteroatoms. The molecule has 2 unspecified atom stereocenters. The molecule has 29 heavy (non-hydrogen) atoms. The number of carbonyl (C=O) groups is 1. The first-order valence-electron chi connectivity index (χ1n) is 11.9. The van der Waals surface area contributed by atoms with Crippen molar-refractivity contribution in [2.45, 2.75) is 96.6 Å². The summed E-state index contributed by atoms with van der Waals surface area (Å²) >= 11 is 0. The molecule has 5 fully saturated rings. The molecule has 0 radical (unpaired) electrons. The number of amides is 1. The maximum atomic E-state index is 13.7. The third kappa shape index (κ3) is 3.76. The molecule has 0 saturated heterocycles. The monoisotopic (exact) mass is 396 g/mol. The van der Waals surface area contributed by atoms with Gasteiger partial charge in [0.1, 0.15) is 0 Å². The van der Waals surface area contributed by atoms with E-state index in [1.165, 1.54) is 31.3 Å². The number of hydrogen-bond donors (Lipinski definition) is 2. The predicted octanol–water partition coefficient (Wildman–Crippen LogP) is 5.43. The smallest absolute Gasteiger partial charge is 0.226 e. The lowest BCUT2D eigenvalue weighted by molar-refractivity contribution is -0.170. The van der Waals surface area contributed by atoms with Gasteiger partial charge in [-0.2, -0.15) is 0 Å². The Kier molecular flexibility index (Phi) is 5.57. The van der Waals surface area contributed by atoms with E-state index >= 15 is 0 Å². The van der Waals surface area contributed by atoms with E-state index in [-0.39, 0.29) is 10.8 Å². The highest BCUT2D eigenvalue weighted by Crippen LogP contribution is 2.72. The van der Waals surface area contributed by atoms with Crippen LogP contribution in [0, 0.1) is 22.2 Å². The van der Waals surface area contributed by atoms with Gasteiger partial charge in [-0.1, -0.05) is 44.2 Å². The fourth-order valence-corrected chi connectivity index (χ4v) is 7.71. The molecule has 0 aromatic rings. The summed E-state index contributed by atoms with van der Waals surface area (Å²) in [7, 11) is 0. The molecule has 5 saturated carbocycles. The number of nitrogens with two attached hydrogens (primary N) is 1. The second-order valence-corrected chi connectivity index (χ2v) is 10.9. The predicted molar refractivity (Wildman–Crippen MR) is 120 cm³/mol. The third-order valence-electron chi connectivity index (χ3n) is 8.80. The van der Waals surface area contributed by atoms with E-state index in [2.05, 4.69) is 43.1 Å². The number of nitrogens with one attached hydrogen (secondary N) is 1. The number of allylic oxidation sites excluding steroid dienone is 5. The van der Waals surface area contributed by atoms with Gasteiger partial charge in [-0.3, -0.25) is 4.79 Å². The highest BCUT2D eigenvalue weighted by Gasteiger charge is 2.65. The van der Waals surface area contributed by atoms with Crippen molar-refractivity contribution in [2.24, 2.45) is 27.9 Å². The SMILES string of the molecule is C=C(/C=C\C=C/C)[C@]12CC3CC(C(=O)NC4CCC(N)CC4)(C[C@](CC)(C3)C1)C2. The van der Waals surface area contributed by atoms with E-state index in [0.29, 0.717) is 29.3 Å². The second-order valence-electron chi connectivity index (χ2n) is 10.9. The molecule has 5 rings (SSSR count). The summed E-state index contributed by atoms with van der Waals surface area (Å²) in [5, 5.41) is 3.49. The number of carbonyl (C=O) groups excluding carboxylic acids is 1. The molecule has 160 valence electrons. The van der Waals surface area contributed by atoms with Gasteiger partial charge < -0.3 is 11.1 Å². The minimum absolute atomic E-state index is 0.111. The molecule has 5 aliphatic carbocycles. The molecule has 3 nitrogen and oxygen atoms in total. The topological polar surface area (TPSA) is 55.1 Å². The molecule has 1 amide bonds. The van der Waals surface area contributed by atoms with Crippen LogP contribution in [0.3, 0.4) is 0 Å². The fraction of sp³-hybridized carbons (Fsp3) is 0.731. The van der Waals surface area contributed by atoms with Crippen LogP contribution >= 0.6 is 0 Å². The first kappa shape index (κ1) is 20.9. The molecular formula is C26H40N2O. The van der Waals surface area contributed by atoms with Crippen LogP contribution in [0.15, 0.2) is 36.5 Å². The van der Waals surface area contributed by atoms with Crippen LogP contribution in [-0.4, -0.2) is 18.0 Å². The Balaban J connectivity index is 1.58. The van der Waals surface area contributed by atoms with Crippen molar-refractivity contribution in [3.63, 3.8) is 0 Å². The Morgan fingerprint density at radius 3 is 2.45 bits per heavy atom. The first-order valence-corrected chi connectivity index (χ1v) is 11.9. The van der Waals surface area contributed by atoms with Gasteiger partial charge in [0, 0.05) is 12.1 Å². The van der Waals surface area contributed by atoms with Gasteiger partial charge in [-0.15, -0.1) is 0 Å². The van der Waals surface area contributed by atoms with Crippen LogP contribution in [0.4, 0.5) is 0 Å². The lowest BCUT2D eigenvalue weighted by Gasteiger charge is -2.66. The largest absolute Gasteiger partial charge is 0.353 e. The average molecular weight is 397 g/mol. The van der Waals surface area contributed by atoms with Gasteiger partial charge in [-0.05, 0) is 93.5 Å². The summed E-state index contributed by atoms with van der Waals surface area (Å²) in [5.41, 5.74) is 7.57. The van der Waals surface area contributed by atoms with Gasteiger partial charge in [0.25, 0.3) is 0 Å². The summed E-state index contributed by atoms with van der Waals surface area (Å²) in [4.78, 5) is 13.7. The normalized spacial score (nSPS) is 43.9. The lowest BCUT2D eigenvalue weighted by atomic mass is 9.37. The summed E-state index contributed by atoms with van der Waals surface area (Å²) in [5.74, 6) is 1.01. The maximum absolute atomic E-state index is 13.7. The van der Waals surface area contributed by atoms with Crippen molar-refractivity contribution in [3.05, 3.63) is 36.5 Å². The highest BCUT2D eigenvalue weighted by molar-refractivity contribution is 5.84. The summed E-state index contributed by atoms with van der Waals surface area (Å²) in [6.07, 6.45) is 20.7. The van der Waals surface area contributed by atoms with Crippen molar-refractivity contribution in [1.29, 1.82) is 0 Å². The molecule has 0 spiro atoms. The van der Waals surface area contributed by atoms with E-state index in [4.69, 9.17) is 5.73 Å². The van der Waals surface area contributed by atoms with Crippen LogP contribution in [0.2, 0.25) is 0 Å².